The molecule has 0 spiro atoms. The summed E-state index contributed by atoms with van der Waals surface area (Å²) in [5.74, 6) is 1.53. The molecule has 2 atom stereocenters. The molecule has 1 N–H and O–H groups in total. The van der Waals surface area contributed by atoms with Crippen molar-refractivity contribution in [3.8, 4) is 11.5 Å². The Morgan fingerprint density at radius 3 is 2.56 bits per heavy atom. The van der Waals surface area contributed by atoms with E-state index in [1.54, 1.807) is 0 Å². The molecule has 1 fully saturated rings. The highest BCUT2D eigenvalue weighted by molar-refractivity contribution is 5.85. The molecule has 0 radical (unpaired) electrons. The fourth-order valence-electron chi connectivity index (χ4n) is 3.12. The number of aliphatic hydroxyl groups excluding tert-OH is 1. The molecule has 1 aromatic rings. The summed E-state index contributed by atoms with van der Waals surface area (Å²) in [5, 5.41) is 10.2. The Bertz CT molecular complexity index is 512. The lowest BCUT2D eigenvalue weighted by atomic mass is 10.2. The number of likely N-dealkylation sites (N-methyl/N-ethyl adjacent to an activating group) is 1. The van der Waals surface area contributed by atoms with Gasteiger partial charge in [-0.25, -0.2) is 0 Å². The van der Waals surface area contributed by atoms with Crippen LogP contribution in [0.4, 0.5) is 0 Å². The molecule has 1 saturated heterocycles. The van der Waals surface area contributed by atoms with Crippen LogP contribution in [-0.4, -0.2) is 86.2 Å². The molecule has 0 aliphatic carbocycles. The molecule has 0 amide bonds. The Hall–Kier alpha value is -1.05. The monoisotopic (exact) mass is 372 g/mol. The van der Waals surface area contributed by atoms with Gasteiger partial charge in [0.25, 0.3) is 0 Å². The zero-order valence-electron chi connectivity index (χ0n) is 14.8. The van der Waals surface area contributed by atoms with E-state index >= 15 is 0 Å². The van der Waals surface area contributed by atoms with E-state index in [0.717, 1.165) is 44.2 Å². The van der Waals surface area contributed by atoms with Crippen LogP contribution in [0.1, 0.15) is 6.92 Å². The molecular weight excluding hydrogens is 344 g/mol. The van der Waals surface area contributed by atoms with Crippen LogP contribution in [-0.2, 0) is 4.74 Å². The van der Waals surface area contributed by atoms with Crippen LogP contribution in [0, 0.1) is 0 Å². The van der Waals surface area contributed by atoms with E-state index in [9.17, 15) is 5.11 Å². The fraction of sp³-hybridized carbons (Fsp3) is 0.667. The van der Waals surface area contributed by atoms with Crippen molar-refractivity contribution < 1.29 is 19.3 Å². The van der Waals surface area contributed by atoms with Gasteiger partial charge in [-0.05, 0) is 18.7 Å². The Morgan fingerprint density at radius 2 is 1.84 bits per heavy atom. The zero-order valence-corrected chi connectivity index (χ0v) is 15.6. The van der Waals surface area contributed by atoms with Gasteiger partial charge in [-0.3, -0.25) is 4.90 Å². The smallest absolute Gasteiger partial charge is 0.161 e. The average Bonchev–Trinajstić information content (AvgIpc) is 2.62. The third-order valence-electron chi connectivity index (χ3n) is 4.56. The quantitative estimate of drug-likeness (QED) is 0.777. The molecule has 1 aromatic carbocycles. The van der Waals surface area contributed by atoms with Gasteiger partial charge < -0.3 is 24.2 Å². The zero-order chi connectivity index (χ0) is 16.8. The van der Waals surface area contributed by atoms with E-state index in [0.29, 0.717) is 26.4 Å². The first-order valence-corrected chi connectivity index (χ1v) is 8.83. The van der Waals surface area contributed by atoms with Crippen LogP contribution in [0.5, 0.6) is 11.5 Å². The molecule has 6 nitrogen and oxygen atoms in total. The largest absolute Gasteiger partial charge is 0.486 e. The molecule has 2 heterocycles. The lowest BCUT2D eigenvalue weighted by Crippen LogP contribution is -2.49. The standard InChI is InChI=1S/C18H28N2O4.ClH/c1-2-19-7-9-20(10-8-19)11-15(21)12-22-13-16-14-23-17-5-3-4-6-18(17)24-16;/h3-6,15-16,21H,2,7-14H2,1H3;1H. The number of fused-ring (bicyclic) bond motifs is 1. The summed E-state index contributed by atoms with van der Waals surface area (Å²) in [7, 11) is 0. The molecule has 3 rings (SSSR count). The van der Waals surface area contributed by atoms with Crippen LogP contribution in [0.15, 0.2) is 24.3 Å². The van der Waals surface area contributed by atoms with E-state index in [2.05, 4.69) is 16.7 Å². The van der Waals surface area contributed by atoms with E-state index in [1.807, 2.05) is 24.3 Å². The number of hydrogen-bond donors (Lipinski definition) is 1. The molecule has 2 aliphatic rings. The van der Waals surface area contributed by atoms with Gasteiger partial charge in [-0.2, -0.15) is 0 Å². The maximum atomic E-state index is 10.2. The van der Waals surface area contributed by atoms with Gasteiger partial charge in [0.15, 0.2) is 17.6 Å². The molecule has 2 aliphatic heterocycles. The van der Waals surface area contributed by atoms with Crippen molar-refractivity contribution in [1.29, 1.82) is 0 Å². The summed E-state index contributed by atoms with van der Waals surface area (Å²) >= 11 is 0. The maximum Gasteiger partial charge on any atom is 0.161 e. The van der Waals surface area contributed by atoms with Crippen molar-refractivity contribution in [3.05, 3.63) is 24.3 Å². The maximum absolute atomic E-state index is 10.2. The lowest BCUT2D eigenvalue weighted by Gasteiger charge is -2.35. The Morgan fingerprint density at radius 1 is 1.16 bits per heavy atom. The highest BCUT2D eigenvalue weighted by atomic mass is 35.5. The normalized spacial score (nSPS) is 22.2. The van der Waals surface area contributed by atoms with Gasteiger partial charge in [0, 0.05) is 32.7 Å². The minimum atomic E-state index is -0.463. The third-order valence-corrected chi connectivity index (χ3v) is 4.56. The van der Waals surface area contributed by atoms with Crippen LogP contribution >= 0.6 is 12.4 Å². The van der Waals surface area contributed by atoms with Gasteiger partial charge in [0.05, 0.1) is 19.3 Å². The number of aliphatic hydroxyl groups is 1. The van der Waals surface area contributed by atoms with Crippen molar-refractivity contribution in [3.63, 3.8) is 0 Å². The summed E-state index contributed by atoms with van der Waals surface area (Å²) in [6.07, 6.45) is -0.588. The van der Waals surface area contributed by atoms with Crippen molar-refractivity contribution in [1.82, 2.24) is 9.80 Å². The van der Waals surface area contributed by atoms with E-state index in [4.69, 9.17) is 14.2 Å². The first-order chi connectivity index (χ1) is 11.7. The van der Waals surface area contributed by atoms with Gasteiger partial charge in [-0.1, -0.05) is 19.1 Å². The van der Waals surface area contributed by atoms with Crippen molar-refractivity contribution in [2.45, 2.75) is 19.1 Å². The molecule has 142 valence electrons. The lowest BCUT2D eigenvalue weighted by molar-refractivity contribution is -0.0319. The third kappa shape index (κ3) is 6.01. The van der Waals surface area contributed by atoms with Gasteiger partial charge >= 0.3 is 0 Å². The van der Waals surface area contributed by atoms with Crippen molar-refractivity contribution >= 4 is 12.4 Å². The van der Waals surface area contributed by atoms with Crippen LogP contribution in [0.2, 0.25) is 0 Å². The highest BCUT2D eigenvalue weighted by Crippen LogP contribution is 2.30. The minimum absolute atomic E-state index is 0. The molecule has 7 heteroatoms. The molecule has 0 aromatic heterocycles. The van der Waals surface area contributed by atoms with Crippen molar-refractivity contribution in [2.75, 3.05) is 59.1 Å². The summed E-state index contributed by atoms with van der Waals surface area (Å²) in [4.78, 5) is 4.73. The molecule has 0 bridgehead atoms. The van der Waals surface area contributed by atoms with E-state index in [1.165, 1.54) is 0 Å². The Kier molecular flexibility index (Phi) is 8.26. The number of β-amino-alcohol motifs (C(OH)–C–C–N with tert-alkyl or cyclic N) is 1. The Balaban J connectivity index is 0.00000225. The molecule has 25 heavy (non-hydrogen) atoms. The highest BCUT2D eigenvalue weighted by Gasteiger charge is 2.22. The number of benzene rings is 1. The number of nitrogens with zero attached hydrogens (tertiary/aromatic N) is 2. The second-order valence-electron chi connectivity index (χ2n) is 6.42. The molecule has 0 saturated carbocycles. The fourth-order valence-corrected chi connectivity index (χ4v) is 3.12. The number of piperazine rings is 1. The number of rotatable bonds is 7. The van der Waals surface area contributed by atoms with Gasteiger partial charge in [-0.15, -0.1) is 12.4 Å². The summed E-state index contributed by atoms with van der Waals surface area (Å²) < 4.78 is 17.1. The van der Waals surface area contributed by atoms with Gasteiger partial charge in [0.2, 0.25) is 0 Å². The number of halogens is 1. The first kappa shape index (κ1) is 20.3. The minimum Gasteiger partial charge on any atom is -0.486 e. The van der Waals surface area contributed by atoms with E-state index in [-0.39, 0.29) is 18.5 Å². The average molecular weight is 373 g/mol. The second-order valence-corrected chi connectivity index (χ2v) is 6.42. The Labute approximate surface area is 156 Å². The number of para-hydroxylation sites is 2. The predicted molar refractivity (Wildman–Crippen MR) is 99.0 cm³/mol. The molecule has 2 unspecified atom stereocenters. The van der Waals surface area contributed by atoms with Crippen LogP contribution in [0.25, 0.3) is 0 Å². The SMILES string of the molecule is CCN1CCN(CC(O)COCC2COc3ccccc3O2)CC1.Cl. The van der Waals surface area contributed by atoms with Crippen LogP contribution < -0.4 is 9.47 Å². The first-order valence-electron chi connectivity index (χ1n) is 8.83. The summed E-state index contributed by atoms with van der Waals surface area (Å²) in [5.41, 5.74) is 0. The van der Waals surface area contributed by atoms with Gasteiger partial charge in [0.1, 0.15) is 6.61 Å². The predicted octanol–water partition coefficient (Wildman–Crippen LogP) is 1.26. The topological polar surface area (TPSA) is 54.4 Å². The number of ether oxygens (including phenoxy) is 3. The molecular formula is C18H29ClN2O4. The summed E-state index contributed by atoms with van der Waals surface area (Å²) in [6, 6.07) is 7.64. The van der Waals surface area contributed by atoms with Crippen LogP contribution in [0.3, 0.4) is 0 Å². The second kappa shape index (κ2) is 10.2. The summed E-state index contributed by atoms with van der Waals surface area (Å²) in [6.45, 7) is 9.38. The number of hydrogen-bond acceptors (Lipinski definition) is 6. The van der Waals surface area contributed by atoms with E-state index < -0.39 is 6.10 Å². The van der Waals surface area contributed by atoms with Crippen molar-refractivity contribution in [2.24, 2.45) is 0 Å².